The summed E-state index contributed by atoms with van der Waals surface area (Å²) in [7, 11) is 0. The normalized spacial score (nSPS) is 23.0. The Morgan fingerprint density at radius 2 is 2.19 bits per heavy atom. The van der Waals surface area contributed by atoms with Crippen LogP contribution < -0.4 is 10.1 Å². The molecule has 2 nitrogen and oxygen atoms in total. The minimum Gasteiger partial charge on any atom is -0.488 e. The maximum atomic E-state index is 13.5. The predicted octanol–water partition coefficient (Wildman–Crippen LogP) is 3.41. The highest BCUT2D eigenvalue weighted by atomic mass is 79.9. The number of halogens is 2. The molecule has 0 saturated carbocycles. The molecule has 88 valence electrons. The molecule has 1 aromatic carbocycles. The van der Waals surface area contributed by atoms with E-state index in [0.717, 1.165) is 24.3 Å². The summed E-state index contributed by atoms with van der Waals surface area (Å²) in [6.45, 7) is 4.97. The van der Waals surface area contributed by atoms with Crippen LogP contribution in [0.3, 0.4) is 0 Å². The van der Waals surface area contributed by atoms with Gasteiger partial charge in [0.1, 0.15) is 17.7 Å². The summed E-state index contributed by atoms with van der Waals surface area (Å²) in [5.41, 5.74) is 0.925. The molecule has 16 heavy (non-hydrogen) atoms. The predicted molar refractivity (Wildman–Crippen MR) is 65.2 cm³/mol. The van der Waals surface area contributed by atoms with Crippen LogP contribution >= 0.6 is 15.9 Å². The Morgan fingerprint density at radius 1 is 1.44 bits per heavy atom. The fraction of sp³-hybridized carbons (Fsp3) is 0.500. The van der Waals surface area contributed by atoms with Crippen molar-refractivity contribution in [3.8, 4) is 5.75 Å². The van der Waals surface area contributed by atoms with Crippen LogP contribution in [0.15, 0.2) is 16.6 Å². The smallest absolute Gasteiger partial charge is 0.137 e. The van der Waals surface area contributed by atoms with E-state index in [1.54, 1.807) is 12.1 Å². The van der Waals surface area contributed by atoms with Crippen molar-refractivity contribution in [1.82, 2.24) is 5.32 Å². The Kier molecular flexibility index (Phi) is 3.50. The quantitative estimate of drug-likeness (QED) is 0.920. The summed E-state index contributed by atoms with van der Waals surface area (Å²) in [5, 5.41) is 3.34. The van der Waals surface area contributed by atoms with Crippen LogP contribution in [0.25, 0.3) is 0 Å². The summed E-state index contributed by atoms with van der Waals surface area (Å²) >= 11 is 3.17. The highest BCUT2D eigenvalue weighted by Gasteiger charge is 2.33. The lowest BCUT2D eigenvalue weighted by molar-refractivity contribution is 0.186. The number of rotatable bonds is 3. The monoisotopic (exact) mass is 287 g/mol. The first-order valence-electron chi connectivity index (χ1n) is 5.56. The maximum absolute atomic E-state index is 13.5. The Hall–Kier alpha value is -0.610. The Morgan fingerprint density at radius 3 is 2.81 bits per heavy atom. The van der Waals surface area contributed by atoms with Gasteiger partial charge in [0.15, 0.2) is 0 Å². The summed E-state index contributed by atoms with van der Waals surface area (Å²) in [4.78, 5) is 0. The maximum Gasteiger partial charge on any atom is 0.137 e. The zero-order valence-electron chi connectivity index (χ0n) is 9.39. The molecule has 1 aliphatic heterocycles. The topological polar surface area (TPSA) is 21.3 Å². The van der Waals surface area contributed by atoms with Gasteiger partial charge in [0.2, 0.25) is 0 Å². The fourth-order valence-electron chi connectivity index (χ4n) is 2.10. The van der Waals surface area contributed by atoms with Gasteiger partial charge in [-0.3, -0.25) is 0 Å². The molecule has 1 N–H and O–H groups in total. The molecule has 0 aromatic heterocycles. The first kappa shape index (κ1) is 11.9. The van der Waals surface area contributed by atoms with E-state index in [4.69, 9.17) is 4.74 Å². The highest BCUT2D eigenvalue weighted by molar-refractivity contribution is 9.10. The number of benzene rings is 1. The van der Waals surface area contributed by atoms with E-state index in [9.17, 15) is 4.39 Å². The molecule has 0 bridgehead atoms. The molecular weight excluding hydrogens is 273 g/mol. The van der Waals surface area contributed by atoms with E-state index in [-0.39, 0.29) is 18.0 Å². The highest BCUT2D eigenvalue weighted by Crippen LogP contribution is 2.40. The fourth-order valence-corrected chi connectivity index (χ4v) is 2.42. The average molecular weight is 288 g/mol. The molecule has 2 unspecified atom stereocenters. The van der Waals surface area contributed by atoms with Gasteiger partial charge in [-0.05, 0) is 41.0 Å². The second kappa shape index (κ2) is 4.72. The van der Waals surface area contributed by atoms with Crippen LogP contribution in [-0.4, -0.2) is 12.6 Å². The third-order valence-electron chi connectivity index (χ3n) is 2.86. The van der Waals surface area contributed by atoms with Crippen molar-refractivity contribution in [1.29, 1.82) is 0 Å². The third-order valence-corrected chi connectivity index (χ3v) is 3.47. The summed E-state index contributed by atoms with van der Waals surface area (Å²) in [6, 6.07) is 3.38. The molecule has 0 aliphatic carbocycles. The van der Waals surface area contributed by atoms with Gasteiger partial charge in [-0.1, -0.05) is 13.8 Å². The van der Waals surface area contributed by atoms with E-state index in [0.29, 0.717) is 4.47 Å². The van der Waals surface area contributed by atoms with Crippen molar-refractivity contribution in [2.75, 3.05) is 6.54 Å². The minimum atomic E-state index is -0.234. The summed E-state index contributed by atoms with van der Waals surface area (Å²) in [6.07, 6.45) is 1.01. The minimum absolute atomic E-state index is 0.101. The summed E-state index contributed by atoms with van der Waals surface area (Å²) < 4.78 is 19.7. The molecule has 1 aromatic rings. The number of likely N-dealkylation sites (N-methyl/N-ethyl adjacent to an activating group) is 1. The van der Waals surface area contributed by atoms with Crippen molar-refractivity contribution in [2.45, 2.75) is 32.4 Å². The number of ether oxygens (including phenoxy) is 1. The van der Waals surface area contributed by atoms with Crippen molar-refractivity contribution < 1.29 is 9.13 Å². The van der Waals surface area contributed by atoms with Gasteiger partial charge >= 0.3 is 0 Å². The van der Waals surface area contributed by atoms with Gasteiger partial charge in [-0.15, -0.1) is 0 Å². The molecule has 0 radical (unpaired) electrons. The van der Waals surface area contributed by atoms with Gasteiger partial charge in [-0.25, -0.2) is 4.39 Å². The van der Waals surface area contributed by atoms with Gasteiger partial charge in [0.05, 0.1) is 10.5 Å². The van der Waals surface area contributed by atoms with Crippen LogP contribution in [0, 0.1) is 5.82 Å². The van der Waals surface area contributed by atoms with Crippen LogP contribution in [0.2, 0.25) is 0 Å². The molecule has 4 heteroatoms. The Labute approximate surface area is 103 Å². The molecule has 1 aliphatic rings. The zero-order valence-corrected chi connectivity index (χ0v) is 11.0. The molecular formula is C12H15BrFNO. The molecule has 0 fully saturated rings. The van der Waals surface area contributed by atoms with Gasteiger partial charge in [0, 0.05) is 5.56 Å². The van der Waals surface area contributed by atoms with Crippen molar-refractivity contribution in [2.24, 2.45) is 0 Å². The summed E-state index contributed by atoms with van der Waals surface area (Å²) in [5.74, 6) is 0.549. The van der Waals surface area contributed by atoms with E-state index in [2.05, 4.69) is 28.2 Å². The Balaban J connectivity index is 2.38. The SMILES string of the molecule is CCNC1c2cc(F)c(Br)cc2OC1CC. The first-order valence-corrected chi connectivity index (χ1v) is 6.35. The van der Waals surface area contributed by atoms with Crippen molar-refractivity contribution in [3.63, 3.8) is 0 Å². The van der Waals surface area contributed by atoms with Crippen LogP contribution in [0.4, 0.5) is 4.39 Å². The van der Waals surface area contributed by atoms with E-state index >= 15 is 0 Å². The van der Waals surface area contributed by atoms with E-state index in [1.165, 1.54) is 0 Å². The lowest BCUT2D eigenvalue weighted by Gasteiger charge is -2.17. The lowest BCUT2D eigenvalue weighted by Crippen LogP contribution is -2.30. The second-order valence-electron chi connectivity index (χ2n) is 3.90. The largest absolute Gasteiger partial charge is 0.488 e. The number of fused-ring (bicyclic) bond motifs is 1. The zero-order chi connectivity index (χ0) is 11.7. The number of nitrogens with one attached hydrogen (secondary N) is 1. The first-order chi connectivity index (χ1) is 7.67. The number of hydrogen-bond donors (Lipinski definition) is 1. The molecule has 1 heterocycles. The molecule has 0 saturated heterocycles. The van der Waals surface area contributed by atoms with Crippen molar-refractivity contribution in [3.05, 3.63) is 28.0 Å². The molecule has 0 amide bonds. The van der Waals surface area contributed by atoms with Crippen LogP contribution in [0.1, 0.15) is 31.9 Å². The third kappa shape index (κ3) is 1.96. The lowest BCUT2D eigenvalue weighted by atomic mass is 10.0. The van der Waals surface area contributed by atoms with Crippen LogP contribution in [0.5, 0.6) is 5.75 Å². The van der Waals surface area contributed by atoms with Crippen molar-refractivity contribution >= 4 is 15.9 Å². The van der Waals surface area contributed by atoms with E-state index < -0.39 is 0 Å². The Bertz CT molecular complexity index is 397. The van der Waals surface area contributed by atoms with Crippen LogP contribution in [-0.2, 0) is 0 Å². The average Bonchev–Trinajstić information content (AvgIpc) is 2.58. The van der Waals surface area contributed by atoms with Gasteiger partial charge < -0.3 is 10.1 Å². The molecule has 2 atom stereocenters. The van der Waals surface area contributed by atoms with Gasteiger partial charge in [-0.2, -0.15) is 0 Å². The van der Waals surface area contributed by atoms with E-state index in [1.807, 2.05) is 6.92 Å². The molecule has 0 spiro atoms. The number of hydrogen-bond acceptors (Lipinski definition) is 2. The molecule has 2 rings (SSSR count). The second-order valence-corrected chi connectivity index (χ2v) is 4.76. The standard InChI is InChI=1S/C12H15BrFNO/c1-3-10-12(15-4-2)7-5-9(14)8(13)6-11(7)16-10/h5-6,10,12,15H,3-4H2,1-2H3. The van der Waals surface area contributed by atoms with Gasteiger partial charge in [0.25, 0.3) is 0 Å².